The van der Waals surface area contributed by atoms with Crippen LogP contribution in [-0.4, -0.2) is 60.0 Å². The molecule has 0 saturated carbocycles. The van der Waals surface area contributed by atoms with Gasteiger partial charge in [-0.25, -0.2) is 4.98 Å². The number of hydrogen-bond acceptors (Lipinski definition) is 6. The second-order valence-corrected chi connectivity index (χ2v) is 6.13. The van der Waals surface area contributed by atoms with Gasteiger partial charge in [-0.2, -0.15) is 5.10 Å². The third-order valence-electron chi connectivity index (χ3n) is 4.62. The van der Waals surface area contributed by atoms with E-state index in [-0.39, 0.29) is 5.91 Å². The summed E-state index contributed by atoms with van der Waals surface area (Å²) in [5.41, 5.74) is 2.02. The highest BCUT2D eigenvalue weighted by Crippen LogP contribution is 2.40. The number of carbonyl (C=O) groups excluding carboxylic acids is 1. The average molecular weight is 372 g/mol. The van der Waals surface area contributed by atoms with Gasteiger partial charge in [-0.3, -0.25) is 9.48 Å². The van der Waals surface area contributed by atoms with Crippen LogP contribution >= 0.6 is 0 Å². The van der Waals surface area contributed by atoms with Crippen molar-refractivity contribution in [2.24, 2.45) is 0 Å². The predicted octanol–water partition coefficient (Wildman–Crippen LogP) is 2.01. The van der Waals surface area contributed by atoms with Gasteiger partial charge in [0.25, 0.3) is 0 Å². The molecular weight excluding hydrogens is 348 g/mol. The summed E-state index contributed by atoms with van der Waals surface area (Å²) in [4.78, 5) is 18.2. The zero-order valence-electron chi connectivity index (χ0n) is 15.8. The van der Waals surface area contributed by atoms with Gasteiger partial charge in [-0.15, -0.1) is 0 Å². The summed E-state index contributed by atoms with van der Waals surface area (Å²) in [6.45, 7) is 1.75. The van der Waals surface area contributed by atoms with E-state index in [0.717, 1.165) is 17.6 Å². The lowest BCUT2D eigenvalue weighted by molar-refractivity contribution is -0.131. The monoisotopic (exact) mass is 372 g/mol. The SMILES string of the molecule is COc1cc(OC)c(C2=CCN(C(=O)CCn3cncn3)CC2)c(OC)c1. The fraction of sp³-hybridized carbons (Fsp3) is 0.421. The molecule has 144 valence electrons. The van der Waals surface area contributed by atoms with Crippen molar-refractivity contribution in [3.05, 3.63) is 36.4 Å². The van der Waals surface area contributed by atoms with Crippen molar-refractivity contribution >= 4 is 11.5 Å². The van der Waals surface area contributed by atoms with Crippen LogP contribution in [0.4, 0.5) is 0 Å². The van der Waals surface area contributed by atoms with Gasteiger partial charge < -0.3 is 19.1 Å². The van der Waals surface area contributed by atoms with Crippen LogP contribution in [0.1, 0.15) is 18.4 Å². The first-order chi connectivity index (χ1) is 13.2. The third kappa shape index (κ3) is 4.21. The minimum Gasteiger partial charge on any atom is -0.496 e. The van der Waals surface area contributed by atoms with E-state index in [1.807, 2.05) is 17.0 Å². The van der Waals surface area contributed by atoms with E-state index in [0.29, 0.717) is 43.3 Å². The van der Waals surface area contributed by atoms with Gasteiger partial charge in [0.1, 0.15) is 29.9 Å². The molecule has 1 aliphatic heterocycles. The van der Waals surface area contributed by atoms with Crippen molar-refractivity contribution in [1.82, 2.24) is 19.7 Å². The Balaban J connectivity index is 1.72. The number of nitrogens with zero attached hydrogens (tertiary/aromatic N) is 4. The second-order valence-electron chi connectivity index (χ2n) is 6.13. The molecule has 1 aliphatic rings. The number of hydrogen-bond donors (Lipinski definition) is 0. The van der Waals surface area contributed by atoms with Crippen molar-refractivity contribution in [1.29, 1.82) is 0 Å². The van der Waals surface area contributed by atoms with Crippen LogP contribution in [-0.2, 0) is 11.3 Å². The highest BCUT2D eigenvalue weighted by atomic mass is 16.5. The van der Waals surface area contributed by atoms with Gasteiger partial charge >= 0.3 is 0 Å². The Kier molecular flexibility index (Phi) is 5.95. The average Bonchev–Trinajstić information content (AvgIpc) is 3.24. The standard InChI is InChI=1S/C19H24N4O4/c1-25-15-10-16(26-2)19(17(11-15)27-3)14-4-7-22(8-5-14)18(24)6-9-23-13-20-12-21-23/h4,10-13H,5-9H2,1-3H3. The topological polar surface area (TPSA) is 78.7 Å². The van der Waals surface area contributed by atoms with Crippen molar-refractivity contribution in [3.8, 4) is 17.2 Å². The lowest BCUT2D eigenvalue weighted by Crippen LogP contribution is -2.35. The molecule has 0 fully saturated rings. The van der Waals surface area contributed by atoms with Gasteiger partial charge in [0, 0.05) is 31.6 Å². The van der Waals surface area contributed by atoms with Crippen LogP contribution in [0.2, 0.25) is 0 Å². The number of rotatable bonds is 7. The molecule has 8 nitrogen and oxygen atoms in total. The van der Waals surface area contributed by atoms with Gasteiger partial charge in [0.2, 0.25) is 5.91 Å². The maximum Gasteiger partial charge on any atom is 0.224 e. The van der Waals surface area contributed by atoms with E-state index in [2.05, 4.69) is 16.2 Å². The van der Waals surface area contributed by atoms with Crippen LogP contribution in [0.3, 0.4) is 0 Å². The van der Waals surface area contributed by atoms with Crippen molar-refractivity contribution < 1.29 is 19.0 Å². The van der Waals surface area contributed by atoms with Crippen LogP contribution < -0.4 is 14.2 Å². The molecule has 3 rings (SSSR count). The number of aromatic nitrogens is 3. The predicted molar refractivity (Wildman–Crippen MR) is 99.9 cm³/mol. The van der Waals surface area contributed by atoms with Crippen molar-refractivity contribution in [2.45, 2.75) is 19.4 Å². The molecule has 0 spiro atoms. The van der Waals surface area contributed by atoms with E-state index >= 15 is 0 Å². The molecule has 0 unspecified atom stereocenters. The number of amides is 1. The second kappa shape index (κ2) is 8.57. The Morgan fingerprint density at radius 3 is 2.41 bits per heavy atom. The molecule has 1 aromatic heterocycles. The van der Waals surface area contributed by atoms with E-state index < -0.39 is 0 Å². The first-order valence-electron chi connectivity index (χ1n) is 8.76. The van der Waals surface area contributed by atoms with Crippen LogP contribution in [0, 0.1) is 0 Å². The summed E-state index contributed by atoms with van der Waals surface area (Å²) >= 11 is 0. The van der Waals surface area contributed by atoms with E-state index in [4.69, 9.17) is 14.2 Å². The fourth-order valence-corrected chi connectivity index (χ4v) is 3.16. The Hall–Kier alpha value is -3.03. The molecule has 2 heterocycles. The number of carbonyl (C=O) groups is 1. The first kappa shape index (κ1) is 18.8. The summed E-state index contributed by atoms with van der Waals surface area (Å²) in [5.74, 6) is 2.18. The van der Waals surface area contributed by atoms with E-state index in [9.17, 15) is 4.79 Å². The lowest BCUT2D eigenvalue weighted by Gasteiger charge is -2.28. The first-order valence-corrected chi connectivity index (χ1v) is 8.76. The van der Waals surface area contributed by atoms with E-state index in [1.165, 1.54) is 6.33 Å². The molecule has 27 heavy (non-hydrogen) atoms. The fourth-order valence-electron chi connectivity index (χ4n) is 3.16. The largest absolute Gasteiger partial charge is 0.496 e. The quantitative estimate of drug-likeness (QED) is 0.740. The van der Waals surface area contributed by atoms with Gasteiger partial charge in [-0.1, -0.05) is 6.08 Å². The Morgan fingerprint density at radius 2 is 1.89 bits per heavy atom. The Bertz CT molecular complexity index is 792. The Morgan fingerprint density at radius 1 is 1.15 bits per heavy atom. The molecule has 0 N–H and O–H groups in total. The third-order valence-corrected chi connectivity index (χ3v) is 4.62. The number of aryl methyl sites for hydroxylation is 1. The minimum atomic E-state index is 0.106. The van der Waals surface area contributed by atoms with Gasteiger partial charge in [0.15, 0.2) is 0 Å². The van der Waals surface area contributed by atoms with Crippen LogP contribution in [0.5, 0.6) is 17.2 Å². The number of methoxy groups -OCH3 is 3. The van der Waals surface area contributed by atoms with Crippen molar-refractivity contribution in [2.75, 3.05) is 34.4 Å². The highest BCUT2D eigenvalue weighted by Gasteiger charge is 2.22. The number of ether oxygens (including phenoxy) is 3. The minimum absolute atomic E-state index is 0.106. The summed E-state index contributed by atoms with van der Waals surface area (Å²) in [7, 11) is 4.86. The van der Waals surface area contributed by atoms with Gasteiger partial charge in [0.05, 0.1) is 33.4 Å². The molecule has 1 amide bonds. The Labute approximate surface area is 158 Å². The maximum absolute atomic E-state index is 12.4. The smallest absolute Gasteiger partial charge is 0.224 e. The zero-order valence-corrected chi connectivity index (χ0v) is 15.8. The summed E-state index contributed by atoms with van der Waals surface area (Å²) < 4.78 is 18.0. The molecule has 8 heteroatoms. The molecule has 1 aromatic carbocycles. The molecule has 0 radical (unpaired) electrons. The lowest BCUT2D eigenvalue weighted by atomic mass is 9.97. The normalized spacial score (nSPS) is 13.9. The van der Waals surface area contributed by atoms with Gasteiger partial charge in [-0.05, 0) is 12.0 Å². The summed E-state index contributed by atoms with van der Waals surface area (Å²) in [5, 5.41) is 4.02. The highest BCUT2D eigenvalue weighted by molar-refractivity contribution is 5.81. The molecule has 0 atom stereocenters. The van der Waals surface area contributed by atoms with Crippen molar-refractivity contribution in [3.63, 3.8) is 0 Å². The molecule has 2 aromatic rings. The summed E-state index contributed by atoms with van der Waals surface area (Å²) in [6, 6.07) is 3.68. The molecule has 0 saturated heterocycles. The van der Waals surface area contributed by atoms with Crippen LogP contribution in [0.15, 0.2) is 30.9 Å². The maximum atomic E-state index is 12.4. The molecule has 0 bridgehead atoms. The zero-order chi connectivity index (χ0) is 19.2. The summed E-state index contributed by atoms with van der Waals surface area (Å²) in [6.07, 6.45) is 6.28. The molecular formula is C19H24N4O4. The van der Waals surface area contributed by atoms with E-state index in [1.54, 1.807) is 32.3 Å². The van der Waals surface area contributed by atoms with Crippen LogP contribution in [0.25, 0.3) is 5.57 Å². The molecule has 0 aliphatic carbocycles. The number of benzene rings is 1.